The fourth-order valence-electron chi connectivity index (χ4n) is 3.67. The molecule has 0 unspecified atom stereocenters. The summed E-state index contributed by atoms with van der Waals surface area (Å²) in [7, 11) is 0. The van der Waals surface area contributed by atoms with Crippen molar-refractivity contribution in [3.05, 3.63) is 80.4 Å². The Kier molecular flexibility index (Phi) is 4.60. The zero-order chi connectivity index (χ0) is 19.7. The van der Waals surface area contributed by atoms with Crippen LogP contribution < -0.4 is 10.9 Å². The second kappa shape index (κ2) is 7.22. The van der Waals surface area contributed by atoms with Gasteiger partial charge in [-0.3, -0.25) is 24.3 Å². The first-order valence-corrected chi connectivity index (χ1v) is 9.03. The van der Waals surface area contributed by atoms with Crippen LogP contribution in [0.4, 0.5) is 5.69 Å². The number of nitrogens with zero attached hydrogens (tertiary/aromatic N) is 3. The summed E-state index contributed by atoms with van der Waals surface area (Å²) in [4.78, 5) is 39.7. The van der Waals surface area contributed by atoms with Gasteiger partial charge < -0.3 is 5.32 Å². The molecule has 1 aliphatic carbocycles. The van der Waals surface area contributed by atoms with Gasteiger partial charge in [-0.05, 0) is 36.5 Å². The number of rotatable bonds is 4. The van der Waals surface area contributed by atoms with E-state index in [0.717, 1.165) is 24.8 Å². The van der Waals surface area contributed by atoms with Crippen LogP contribution >= 0.6 is 0 Å². The van der Waals surface area contributed by atoms with E-state index in [2.05, 4.69) is 16.4 Å². The van der Waals surface area contributed by atoms with E-state index in [1.165, 1.54) is 34.7 Å². The van der Waals surface area contributed by atoms with Gasteiger partial charge in [0, 0.05) is 12.1 Å². The fraction of sp³-hybridized carbons (Fsp3) is 0.250. The van der Waals surface area contributed by atoms with Crippen LogP contribution in [0.2, 0.25) is 0 Å². The summed E-state index contributed by atoms with van der Waals surface area (Å²) >= 11 is 0. The number of amides is 1. The van der Waals surface area contributed by atoms with Crippen molar-refractivity contribution in [3.63, 3.8) is 0 Å². The van der Waals surface area contributed by atoms with Crippen LogP contribution in [0.3, 0.4) is 0 Å². The average molecular weight is 378 g/mol. The first-order valence-electron chi connectivity index (χ1n) is 9.03. The Morgan fingerprint density at radius 1 is 1.29 bits per heavy atom. The summed E-state index contributed by atoms with van der Waals surface area (Å²) in [5.41, 5.74) is 2.03. The number of hydrogen-bond acceptors (Lipinski definition) is 5. The van der Waals surface area contributed by atoms with Crippen LogP contribution in [0.1, 0.15) is 30.0 Å². The molecule has 1 N–H and O–H groups in total. The number of aromatic nitrogens is 2. The molecule has 4 rings (SSSR count). The minimum atomic E-state index is -0.566. The van der Waals surface area contributed by atoms with Crippen LogP contribution in [0.15, 0.2) is 53.6 Å². The van der Waals surface area contributed by atoms with Crippen molar-refractivity contribution in [2.24, 2.45) is 0 Å². The fourth-order valence-corrected chi connectivity index (χ4v) is 3.67. The Labute approximate surface area is 160 Å². The molecular weight excluding hydrogens is 360 g/mol. The molecule has 0 aliphatic heterocycles. The van der Waals surface area contributed by atoms with Crippen molar-refractivity contribution in [2.45, 2.75) is 31.8 Å². The van der Waals surface area contributed by atoms with Crippen LogP contribution in [0, 0.1) is 10.1 Å². The molecule has 0 bridgehead atoms. The number of fused-ring (bicyclic) bond motifs is 2. The molecule has 8 nitrogen and oxygen atoms in total. The Morgan fingerprint density at radius 3 is 2.93 bits per heavy atom. The van der Waals surface area contributed by atoms with Gasteiger partial charge in [0.05, 0.1) is 28.2 Å². The van der Waals surface area contributed by atoms with Crippen molar-refractivity contribution >= 4 is 22.5 Å². The number of aryl methyl sites for hydroxylation is 1. The number of carbonyl (C=O) groups is 1. The predicted molar refractivity (Wildman–Crippen MR) is 103 cm³/mol. The van der Waals surface area contributed by atoms with Crippen molar-refractivity contribution < 1.29 is 9.72 Å². The molecule has 0 spiro atoms. The zero-order valence-corrected chi connectivity index (χ0v) is 15.0. The summed E-state index contributed by atoms with van der Waals surface area (Å²) in [6, 6.07) is 11.9. The van der Waals surface area contributed by atoms with Gasteiger partial charge >= 0.3 is 0 Å². The summed E-state index contributed by atoms with van der Waals surface area (Å²) in [6.45, 7) is -0.191. The Balaban J connectivity index is 1.57. The number of benzene rings is 2. The van der Waals surface area contributed by atoms with Gasteiger partial charge in [-0.2, -0.15) is 0 Å². The molecule has 2 aromatic carbocycles. The van der Waals surface area contributed by atoms with Gasteiger partial charge in [-0.15, -0.1) is 0 Å². The van der Waals surface area contributed by atoms with Crippen molar-refractivity contribution in [1.82, 2.24) is 14.9 Å². The number of carbonyl (C=O) groups excluding carboxylic acids is 1. The molecule has 1 amide bonds. The van der Waals surface area contributed by atoms with Crippen LogP contribution in [-0.4, -0.2) is 20.4 Å². The van der Waals surface area contributed by atoms with E-state index in [-0.39, 0.29) is 29.6 Å². The SMILES string of the molecule is O=C(Cn1cnc2ccc([N+](=O)[O-])cc2c1=O)N[C@@H]1CCCc2ccccc21. The first-order chi connectivity index (χ1) is 13.5. The molecule has 0 saturated heterocycles. The summed E-state index contributed by atoms with van der Waals surface area (Å²) < 4.78 is 1.18. The molecule has 8 heteroatoms. The number of nitro benzene ring substituents is 1. The molecule has 0 saturated carbocycles. The van der Waals surface area contributed by atoms with E-state index in [1.807, 2.05) is 18.2 Å². The maximum absolute atomic E-state index is 12.6. The quantitative estimate of drug-likeness (QED) is 0.554. The highest BCUT2D eigenvalue weighted by Gasteiger charge is 2.21. The largest absolute Gasteiger partial charge is 0.348 e. The summed E-state index contributed by atoms with van der Waals surface area (Å²) in [5, 5.41) is 14.1. The third-order valence-electron chi connectivity index (χ3n) is 5.04. The minimum absolute atomic E-state index is 0.0809. The molecule has 1 atom stereocenters. The molecular formula is C20H18N4O4. The van der Waals surface area contributed by atoms with Crippen molar-refractivity contribution in [3.8, 4) is 0 Å². The topological polar surface area (TPSA) is 107 Å². The molecule has 0 radical (unpaired) electrons. The van der Waals surface area contributed by atoms with Gasteiger partial charge in [0.25, 0.3) is 11.2 Å². The molecule has 3 aromatic rings. The summed E-state index contributed by atoms with van der Waals surface area (Å²) in [5.74, 6) is -0.296. The maximum Gasteiger partial charge on any atom is 0.270 e. The van der Waals surface area contributed by atoms with Gasteiger partial charge in [-0.1, -0.05) is 24.3 Å². The second-order valence-corrected chi connectivity index (χ2v) is 6.85. The Morgan fingerprint density at radius 2 is 2.11 bits per heavy atom. The van der Waals surface area contributed by atoms with Crippen LogP contribution in [-0.2, 0) is 17.8 Å². The van der Waals surface area contributed by atoms with Gasteiger partial charge in [0.15, 0.2) is 0 Å². The molecule has 0 fully saturated rings. The normalized spacial score (nSPS) is 15.8. The van der Waals surface area contributed by atoms with E-state index < -0.39 is 10.5 Å². The maximum atomic E-state index is 12.6. The monoisotopic (exact) mass is 378 g/mol. The zero-order valence-electron chi connectivity index (χ0n) is 15.0. The lowest BCUT2D eigenvalue weighted by atomic mass is 9.88. The van der Waals surface area contributed by atoms with Crippen LogP contribution in [0.5, 0.6) is 0 Å². The van der Waals surface area contributed by atoms with Gasteiger partial charge in [-0.25, -0.2) is 4.98 Å². The lowest BCUT2D eigenvalue weighted by Gasteiger charge is -2.26. The highest BCUT2D eigenvalue weighted by molar-refractivity contribution is 5.81. The lowest BCUT2D eigenvalue weighted by Crippen LogP contribution is -2.36. The summed E-state index contributed by atoms with van der Waals surface area (Å²) in [6.07, 6.45) is 4.13. The number of non-ortho nitro benzene ring substituents is 1. The molecule has 1 heterocycles. The highest BCUT2D eigenvalue weighted by atomic mass is 16.6. The number of hydrogen-bond donors (Lipinski definition) is 1. The van der Waals surface area contributed by atoms with E-state index >= 15 is 0 Å². The third-order valence-corrected chi connectivity index (χ3v) is 5.04. The second-order valence-electron chi connectivity index (χ2n) is 6.85. The Bertz CT molecular complexity index is 1140. The third kappa shape index (κ3) is 3.36. The van der Waals surface area contributed by atoms with E-state index in [1.54, 1.807) is 0 Å². The smallest absolute Gasteiger partial charge is 0.270 e. The standard InChI is InChI=1S/C20H18N4O4/c25-19(22-18-7-3-5-13-4-1-2-6-15(13)18)11-23-12-21-17-9-8-14(24(27)28)10-16(17)20(23)26/h1-2,4,6,8-10,12,18H,3,5,7,11H2,(H,22,25)/t18-/m1/s1. The average Bonchev–Trinajstić information content (AvgIpc) is 2.70. The van der Waals surface area contributed by atoms with E-state index in [0.29, 0.717) is 5.52 Å². The highest BCUT2D eigenvalue weighted by Crippen LogP contribution is 2.29. The lowest BCUT2D eigenvalue weighted by molar-refractivity contribution is -0.384. The molecule has 142 valence electrons. The van der Waals surface area contributed by atoms with Gasteiger partial charge in [0.2, 0.25) is 5.91 Å². The van der Waals surface area contributed by atoms with E-state index in [4.69, 9.17) is 0 Å². The van der Waals surface area contributed by atoms with E-state index in [9.17, 15) is 19.7 Å². The van der Waals surface area contributed by atoms with Crippen LogP contribution in [0.25, 0.3) is 10.9 Å². The number of nitro groups is 1. The molecule has 28 heavy (non-hydrogen) atoms. The number of nitrogens with one attached hydrogen (secondary N) is 1. The predicted octanol–water partition coefficient (Wildman–Crippen LogP) is 2.50. The molecule has 1 aromatic heterocycles. The van der Waals surface area contributed by atoms with Gasteiger partial charge in [0.1, 0.15) is 6.54 Å². The Hall–Kier alpha value is -3.55. The van der Waals surface area contributed by atoms with Crippen molar-refractivity contribution in [1.29, 1.82) is 0 Å². The minimum Gasteiger partial charge on any atom is -0.348 e. The molecule has 1 aliphatic rings. The first kappa shape index (κ1) is 17.8. The van der Waals surface area contributed by atoms with Crippen molar-refractivity contribution in [2.75, 3.05) is 0 Å².